The molecule has 1 aromatic carbocycles. The second-order valence-electron chi connectivity index (χ2n) is 6.10. The molecule has 1 aliphatic heterocycles. The first-order chi connectivity index (χ1) is 12.0. The van der Waals surface area contributed by atoms with Crippen molar-refractivity contribution in [2.45, 2.75) is 26.2 Å². The summed E-state index contributed by atoms with van der Waals surface area (Å²) < 4.78 is 1.63. The number of rotatable bonds is 5. The van der Waals surface area contributed by atoms with Gasteiger partial charge in [-0.1, -0.05) is 36.2 Å². The zero-order valence-corrected chi connectivity index (χ0v) is 14.6. The van der Waals surface area contributed by atoms with Crippen molar-refractivity contribution in [3.05, 3.63) is 40.7 Å². The molecule has 2 aromatic rings. The third-order valence-corrected chi connectivity index (χ3v) is 4.57. The largest absolute Gasteiger partial charge is 0.481 e. The number of carbonyl (C=O) groups is 2. The van der Waals surface area contributed by atoms with Crippen molar-refractivity contribution in [3.8, 4) is 5.69 Å². The third-order valence-electron chi connectivity index (χ3n) is 4.33. The maximum atomic E-state index is 12.8. The molecule has 0 saturated carbocycles. The zero-order chi connectivity index (χ0) is 18.0. The van der Waals surface area contributed by atoms with Crippen molar-refractivity contribution in [1.29, 1.82) is 0 Å². The summed E-state index contributed by atoms with van der Waals surface area (Å²) >= 11 is 6.05. The molecule has 132 valence electrons. The molecular weight excluding hydrogens is 344 g/mol. The van der Waals surface area contributed by atoms with Crippen LogP contribution in [0.3, 0.4) is 0 Å². The molecule has 25 heavy (non-hydrogen) atoms. The highest BCUT2D eigenvalue weighted by molar-refractivity contribution is 6.30. The lowest BCUT2D eigenvalue weighted by Crippen LogP contribution is -2.31. The first kappa shape index (κ1) is 17.4. The minimum absolute atomic E-state index is 0.212. The second-order valence-corrected chi connectivity index (χ2v) is 6.54. The molecule has 3 rings (SSSR count). The van der Waals surface area contributed by atoms with E-state index in [1.165, 1.54) is 0 Å². The number of hydrogen-bond donors (Lipinski definition) is 1. The summed E-state index contributed by atoms with van der Waals surface area (Å²) in [5, 5.41) is 17.9. The van der Waals surface area contributed by atoms with Gasteiger partial charge in [-0.3, -0.25) is 9.59 Å². The second kappa shape index (κ2) is 7.23. The van der Waals surface area contributed by atoms with E-state index in [0.29, 0.717) is 30.1 Å². The Morgan fingerprint density at radius 1 is 1.40 bits per heavy atom. The topological polar surface area (TPSA) is 88.3 Å². The van der Waals surface area contributed by atoms with Gasteiger partial charge in [-0.2, -0.15) is 0 Å². The molecule has 8 heteroatoms. The lowest BCUT2D eigenvalue weighted by Gasteiger charge is -2.15. The lowest BCUT2D eigenvalue weighted by molar-refractivity contribution is -0.141. The van der Waals surface area contributed by atoms with Gasteiger partial charge in [0.2, 0.25) is 0 Å². The van der Waals surface area contributed by atoms with E-state index in [2.05, 4.69) is 10.3 Å². The summed E-state index contributed by atoms with van der Waals surface area (Å²) in [5.74, 6) is -1.64. The molecule has 1 amide bonds. The molecule has 1 atom stereocenters. The van der Waals surface area contributed by atoms with Crippen LogP contribution >= 0.6 is 11.6 Å². The molecule has 0 spiro atoms. The number of aromatic nitrogens is 3. The molecule has 1 fully saturated rings. The van der Waals surface area contributed by atoms with E-state index in [1.54, 1.807) is 21.7 Å². The highest BCUT2D eigenvalue weighted by atomic mass is 35.5. The van der Waals surface area contributed by atoms with Gasteiger partial charge >= 0.3 is 5.97 Å². The third kappa shape index (κ3) is 3.51. The Labute approximate surface area is 150 Å². The molecule has 1 aliphatic rings. The molecular formula is C17H19ClN4O3. The number of likely N-dealkylation sites (tertiary alicyclic amines) is 1. The van der Waals surface area contributed by atoms with Gasteiger partial charge in [0.15, 0.2) is 5.69 Å². The normalized spacial score (nSPS) is 17.0. The molecule has 2 heterocycles. The van der Waals surface area contributed by atoms with Gasteiger partial charge in [0, 0.05) is 18.1 Å². The van der Waals surface area contributed by atoms with Crippen LogP contribution in [-0.2, 0) is 11.2 Å². The highest BCUT2D eigenvalue weighted by Gasteiger charge is 2.33. The van der Waals surface area contributed by atoms with Crippen LogP contribution < -0.4 is 0 Å². The van der Waals surface area contributed by atoms with Crippen molar-refractivity contribution in [2.75, 3.05) is 13.1 Å². The number of aliphatic carboxylic acids is 1. The van der Waals surface area contributed by atoms with Crippen molar-refractivity contribution >= 4 is 23.5 Å². The van der Waals surface area contributed by atoms with E-state index in [-0.39, 0.29) is 18.1 Å². The standard InChI is InChI=1S/C17H19ClN4O3/c1-2-4-14-15(16(23)21-8-7-11(10-21)17(24)25)19-20-22(14)13-6-3-5-12(18)9-13/h3,5-6,9,11H,2,4,7-8,10H2,1H3,(H,24,25)/t11-/m1/s1. The number of carbonyl (C=O) groups excluding carboxylic acids is 1. The maximum absolute atomic E-state index is 12.8. The van der Waals surface area contributed by atoms with Crippen LogP contribution in [0.25, 0.3) is 5.69 Å². The fourth-order valence-corrected chi connectivity index (χ4v) is 3.22. The number of halogens is 1. The minimum atomic E-state index is -0.869. The summed E-state index contributed by atoms with van der Waals surface area (Å²) in [6, 6.07) is 7.20. The smallest absolute Gasteiger partial charge is 0.308 e. The van der Waals surface area contributed by atoms with Gasteiger partial charge in [-0.05, 0) is 31.0 Å². The Balaban J connectivity index is 1.92. The van der Waals surface area contributed by atoms with Crippen molar-refractivity contribution in [3.63, 3.8) is 0 Å². The fraction of sp³-hybridized carbons (Fsp3) is 0.412. The van der Waals surface area contributed by atoms with Crippen LogP contribution in [0.5, 0.6) is 0 Å². The average molecular weight is 363 g/mol. The minimum Gasteiger partial charge on any atom is -0.481 e. The molecule has 1 N–H and O–H groups in total. The quantitative estimate of drug-likeness (QED) is 0.882. The molecule has 1 saturated heterocycles. The van der Waals surface area contributed by atoms with E-state index in [1.807, 2.05) is 19.1 Å². The monoisotopic (exact) mass is 362 g/mol. The number of hydrogen-bond acceptors (Lipinski definition) is 4. The summed E-state index contributed by atoms with van der Waals surface area (Å²) in [7, 11) is 0. The summed E-state index contributed by atoms with van der Waals surface area (Å²) in [6.45, 7) is 2.65. The zero-order valence-electron chi connectivity index (χ0n) is 13.9. The first-order valence-electron chi connectivity index (χ1n) is 8.23. The van der Waals surface area contributed by atoms with Gasteiger partial charge in [-0.25, -0.2) is 4.68 Å². The van der Waals surface area contributed by atoms with Gasteiger partial charge < -0.3 is 10.0 Å². The summed E-state index contributed by atoms with van der Waals surface area (Å²) in [5.41, 5.74) is 1.74. The molecule has 0 radical (unpaired) electrons. The van der Waals surface area contributed by atoms with Gasteiger partial charge in [0.05, 0.1) is 17.3 Å². The molecule has 0 unspecified atom stereocenters. The Hall–Kier alpha value is -2.41. The van der Waals surface area contributed by atoms with Crippen LogP contribution in [-0.4, -0.2) is 50.0 Å². The predicted molar refractivity (Wildman–Crippen MR) is 92.0 cm³/mol. The van der Waals surface area contributed by atoms with Crippen LogP contribution in [0.1, 0.15) is 35.9 Å². The Morgan fingerprint density at radius 3 is 2.84 bits per heavy atom. The number of carboxylic acid groups (broad SMARTS) is 1. The number of amides is 1. The van der Waals surface area contributed by atoms with Crippen LogP contribution in [0, 0.1) is 5.92 Å². The Morgan fingerprint density at radius 2 is 2.20 bits per heavy atom. The average Bonchev–Trinajstić information content (AvgIpc) is 3.22. The van der Waals surface area contributed by atoms with E-state index >= 15 is 0 Å². The Kier molecular flexibility index (Phi) is 5.03. The van der Waals surface area contributed by atoms with E-state index < -0.39 is 11.9 Å². The lowest BCUT2D eigenvalue weighted by atomic mass is 10.1. The highest BCUT2D eigenvalue weighted by Crippen LogP contribution is 2.22. The number of carboxylic acids is 1. The molecule has 0 bridgehead atoms. The van der Waals surface area contributed by atoms with Gasteiger partial charge in [-0.15, -0.1) is 5.10 Å². The van der Waals surface area contributed by atoms with Crippen molar-refractivity contribution in [2.24, 2.45) is 5.92 Å². The van der Waals surface area contributed by atoms with Crippen molar-refractivity contribution in [1.82, 2.24) is 19.9 Å². The summed E-state index contributed by atoms with van der Waals surface area (Å²) in [4.78, 5) is 25.5. The fourth-order valence-electron chi connectivity index (χ4n) is 3.04. The van der Waals surface area contributed by atoms with E-state index in [0.717, 1.165) is 12.1 Å². The summed E-state index contributed by atoms with van der Waals surface area (Å²) in [6.07, 6.45) is 1.93. The van der Waals surface area contributed by atoms with Crippen LogP contribution in [0.2, 0.25) is 5.02 Å². The molecule has 1 aromatic heterocycles. The number of benzene rings is 1. The van der Waals surface area contributed by atoms with Gasteiger partial charge in [0.1, 0.15) is 0 Å². The SMILES string of the molecule is CCCc1c(C(=O)N2CC[C@@H](C(=O)O)C2)nnn1-c1cccc(Cl)c1. The molecule has 0 aliphatic carbocycles. The first-order valence-corrected chi connectivity index (χ1v) is 8.61. The predicted octanol–water partition coefficient (Wildman–Crippen LogP) is 2.42. The number of nitrogens with zero attached hydrogens (tertiary/aromatic N) is 4. The Bertz CT molecular complexity index is 805. The van der Waals surface area contributed by atoms with Crippen molar-refractivity contribution < 1.29 is 14.7 Å². The van der Waals surface area contributed by atoms with E-state index in [9.17, 15) is 9.59 Å². The maximum Gasteiger partial charge on any atom is 0.308 e. The molecule has 7 nitrogen and oxygen atoms in total. The van der Waals surface area contributed by atoms with Gasteiger partial charge in [0.25, 0.3) is 5.91 Å². The van der Waals surface area contributed by atoms with Crippen LogP contribution in [0.4, 0.5) is 0 Å². The van der Waals surface area contributed by atoms with Crippen LogP contribution in [0.15, 0.2) is 24.3 Å². The van der Waals surface area contributed by atoms with E-state index in [4.69, 9.17) is 16.7 Å².